The zero-order valence-corrected chi connectivity index (χ0v) is 28.9. The van der Waals surface area contributed by atoms with E-state index in [2.05, 4.69) is 56.6 Å². The molecule has 9 N–H and O–H groups in total. The number of aromatic nitrogens is 3. The predicted molar refractivity (Wildman–Crippen MR) is 177 cm³/mol. The van der Waals surface area contributed by atoms with Gasteiger partial charge in [-0.3, -0.25) is 14.7 Å². The maximum Gasteiger partial charge on any atom is 0.521 e. The maximum absolute atomic E-state index is 12.9. The molecule has 7 atom stereocenters. The van der Waals surface area contributed by atoms with Crippen molar-refractivity contribution in [3.63, 3.8) is 0 Å². The highest BCUT2D eigenvalue weighted by atomic mass is 31.3. The van der Waals surface area contributed by atoms with Gasteiger partial charge in [-0.1, -0.05) is 11.8 Å². The number of hydrogen-bond donors (Lipinski definition) is 8. The van der Waals surface area contributed by atoms with Crippen molar-refractivity contribution in [2.75, 3.05) is 18.9 Å². The van der Waals surface area contributed by atoms with E-state index < -0.39 is 59.9 Å². The van der Waals surface area contributed by atoms with Crippen LogP contribution in [0.15, 0.2) is 11.0 Å². The van der Waals surface area contributed by atoms with Crippen molar-refractivity contribution in [3.8, 4) is 36.5 Å². The molecule has 1 saturated heterocycles. The summed E-state index contributed by atoms with van der Waals surface area (Å²) < 4.78 is 45.0. The summed E-state index contributed by atoms with van der Waals surface area (Å²) in [5.41, 5.74) is 5.42. The summed E-state index contributed by atoms with van der Waals surface area (Å²) in [7, 11) is -13.1. The topological polar surface area (TPSA) is 261 Å². The molecule has 0 amide bonds. The second kappa shape index (κ2) is 17.5. The Morgan fingerprint density at radius 2 is 1.85 bits per heavy atom. The molecule has 4 unspecified atom stereocenters. The second-order valence-electron chi connectivity index (χ2n) is 10.3. The van der Waals surface area contributed by atoms with Crippen LogP contribution < -0.4 is 16.4 Å². The van der Waals surface area contributed by atoms with E-state index in [0.717, 1.165) is 12.8 Å². The first kappa shape index (κ1) is 39.3. The molecule has 21 heteroatoms. The first-order chi connectivity index (χ1) is 22.1. The van der Waals surface area contributed by atoms with Crippen LogP contribution in [0.25, 0.3) is 11.0 Å². The lowest BCUT2D eigenvalue weighted by molar-refractivity contribution is -0.137. The van der Waals surface area contributed by atoms with Crippen LogP contribution in [0.5, 0.6) is 0 Å². The normalized spacial score (nSPS) is 22.4. The highest BCUT2D eigenvalue weighted by molar-refractivity contribution is 7.70. The third kappa shape index (κ3) is 12.0. The molecule has 17 nitrogen and oxygen atoms in total. The molecule has 0 spiro atoms. The third-order valence-corrected chi connectivity index (χ3v) is 11.7. The van der Waals surface area contributed by atoms with E-state index in [4.69, 9.17) is 37.6 Å². The van der Waals surface area contributed by atoms with Crippen LogP contribution in [0, 0.1) is 36.5 Å². The number of phosphoric acid groups is 2. The fourth-order valence-corrected chi connectivity index (χ4v) is 8.98. The van der Waals surface area contributed by atoms with Crippen molar-refractivity contribution < 1.29 is 51.7 Å². The van der Waals surface area contributed by atoms with Crippen LogP contribution in [0.1, 0.15) is 63.2 Å². The van der Waals surface area contributed by atoms with Crippen LogP contribution in [-0.4, -0.2) is 70.2 Å². The van der Waals surface area contributed by atoms with Gasteiger partial charge in [-0.15, -0.1) is 39.0 Å². The summed E-state index contributed by atoms with van der Waals surface area (Å²) >= 11 is 0. The van der Waals surface area contributed by atoms with E-state index in [9.17, 15) is 28.8 Å². The largest absolute Gasteiger partial charge is 0.521 e. The molecule has 2 aromatic rings. The van der Waals surface area contributed by atoms with Gasteiger partial charge >= 0.3 is 23.7 Å². The summed E-state index contributed by atoms with van der Waals surface area (Å²) in [4.78, 5) is 58.5. The summed E-state index contributed by atoms with van der Waals surface area (Å²) in [6.45, 7) is -0.677. The van der Waals surface area contributed by atoms with Crippen molar-refractivity contribution in [3.05, 3.63) is 22.1 Å². The summed E-state index contributed by atoms with van der Waals surface area (Å²) in [6.07, 6.45) is 13.0. The van der Waals surface area contributed by atoms with Gasteiger partial charge in [0, 0.05) is 31.1 Å². The van der Waals surface area contributed by atoms with Crippen LogP contribution in [0.3, 0.4) is 0 Å². The van der Waals surface area contributed by atoms with E-state index in [-0.39, 0.29) is 36.4 Å². The molecule has 258 valence electrons. The lowest BCUT2D eigenvalue weighted by Gasteiger charge is -2.38. The number of terminal acetylenes is 2. The molecular weight excluding hydrogens is 698 g/mol. The van der Waals surface area contributed by atoms with E-state index in [1.54, 1.807) is 10.8 Å². The van der Waals surface area contributed by atoms with Crippen LogP contribution in [0.2, 0.25) is 0 Å². The minimum absolute atomic E-state index is 0.126. The molecule has 1 aliphatic rings. The first-order valence-corrected chi connectivity index (χ1v) is 19.5. The molecule has 1 fully saturated rings. The maximum atomic E-state index is 12.9. The van der Waals surface area contributed by atoms with Gasteiger partial charge < -0.3 is 29.9 Å². The summed E-state index contributed by atoms with van der Waals surface area (Å²) in [6, 6.07) is 0. The number of nitrogen functional groups attached to an aromatic ring is 1. The molecule has 2 aromatic heterocycles. The van der Waals surface area contributed by atoms with Gasteiger partial charge in [0.05, 0.1) is 30.2 Å². The van der Waals surface area contributed by atoms with Crippen LogP contribution in [0.4, 0.5) is 5.95 Å². The van der Waals surface area contributed by atoms with Gasteiger partial charge in [0.25, 0.3) is 5.56 Å². The smallest absolute Gasteiger partial charge is 0.390 e. The summed E-state index contributed by atoms with van der Waals surface area (Å²) in [5.74, 6) is 10.9. The lowest BCUT2D eigenvalue weighted by atomic mass is 10.0. The Balaban J connectivity index is 1.86. The number of aliphatic hydroxyl groups is 1. The zero-order chi connectivity index (χ0) is 34.8. The number of fused-ring (bicyclic) bond motifs is 1. The Hall–Kier alpha value is -2.18. The quantitative estimate of drug-likeness (QED) is 0.0697. The van der Waals surface area contributed by atoms with Gasteiger partial charge in [-0.05, 0) is 36.4 Å². The minimum Gasteiger partial charge on any atom is -0.390 e. The van der Waals surface area contributed by atoms with Crippen molar-refractivity contribution in [2.24, 2.45) is 0 Å². The van der Waals surface area contributed by atoms with Gasteiger partial charge in [-0.25, -0.2) is 9.13 Å². The van der Waals surface area contributed by atoms with Gasteiger partial charge in [0.15, 0.2) is 5.65 Å². The molecule has 0 saturated carbocycles. The number of aliphatic hydroxyl groups excluding tert-OH is 1. The minimum atomic E-state index is -5.57. The van der Waals surface area contributed by atoms with Gasteiger partial charge in [-0.2, -0.15) is 18.7 Å². The molecule has 0 aliphatic carbocycles. The van der Waals surface area contributed by atoms with Crippen molar-refractivity contribution in [1.82, 2.24) is 19.6 Å². The number of anilines is 1. The number of nitrogens with one attached hydrogen (secondary N) is 2. The number of H-pyrrole nitrogens is 1. The van der Waals surface area contributed by atoms with E-state index in [1.165, 1.54) is 0 Å². The fraction of sp³-hybridized carbons (Fsp3) is 0.538. The molecule has 0 aromatic carbocycles. The molecule has 3 rings (SSSR count). The first-order valence-electron chi connectivity index (χ1n) is 14.3. The Labute approximate surface area is 274 Å². The number of hydrogen-bond acceptors (Lipinski definition) is 12. The SMILES string of the molecule is C#CCCCCC#Cc1cn([C@@H]2O[C@H](CN[P+](O)(OCCCCC#C)OP(=O)(O)OP(=O)(O)O)[C@H](O)CC2P)c2nc(N)[nH]c(=O)c12. The van der Waals surface area contributed by atoms with Crippen molar-refractivity contribution >= 4 is 50.0 Å². The molecular formula is C26H38N5O12P4+. The Bertz CT molecular complexity index is 1690. The highest BCUT2D eigenvalue weighted by Gasteiger charge is 2.53. The Morgan fingerprint density at radius 3 is 2.51 bits per heavy atom. The standard InChI is InChI=1S/C26H37N5O12P4/c1-3-5-7-9-10-11-13-18-17-31(23-22(18)24(33)30-26(27)29-23)25-21(44)15-19(32)20(41-25)16-28-45(34,40-14-12-8-6-4-2)42-47(38,39)43-46(35,36)37/h1-2,17,19-21,25,28,32,34H,5-10,12,14-16,44H2,(H5-,27,29,30,33,35,36,37,38,39)/p+1/t19-,20-,21?,25-,45?/m1/s1. The van der Waals surface area contributed by atoms with Gasteiger partial charge in [0.2, 0.25) is 5.95 Å². The molecule has 1 aliphatic heterocycles. The zero-order valence-electron chi connectivity index (χ0n) is 25.1. The molecule has 47 heavy (non-hydrogen) atoms. The van der Waals surface area contributed by atoms with E-state index in [1.807, 2.05) is 0 Å². The van der Waals surface area contributed by atoms with Crippen LogP contribution >= 0.6 is 33.0 Å². The van der Waals surface area contributed by atoms with E-state index in [0.29, 0.717) is 31.2 Å². The molecule has 0 bridgehead atoms. The van der Waals surface area contributed by atoms with E-state index >= 15 is 0 Å². The number of aromatic amines is 1. The number of ether oxygens (including phenoxy) is 1. The second-order valence-corrected chi connectivity index (χ2v) is 16.0. The molecule has 0 radical (unpaired) electrons. The predicted octanol–water partition coefficient (Wildman–Crippen LogP) is 2.05. The number of rotatable bonds is 16. The number of nitrogens with zero attached hydrogens (tertiary/aromatic N) is 2. The average molecular weight is 737 g/mol. The fourth-order valence-electron chi connectivity index (χ4n) is 4.54. The summed E-state index contributed by atoms with van der Waals surface area (Å²) in [5, 5.41) is 13.4. The Morgan fingerprint density at radius 1 is 1.19 bits per heavy atom. The van der Waals surface area contributed by atoms with Crippen molar-refractivity contribution in [2.45, 2.75) is 75.5 Å². The Kier molecular flexibility index (Phi) is 14.6. The molecule has 3 heterocycles. The van der Waals surface area contributed by atoms with Crippen LogP contribution in [-0.2, 0) is 27.0 Å². The highest BCUT2D eigenvalue weighted by Crippen LogP contribution is 2.69. The third-order valence-electron chi connectivity index (χ3n) is 6.59. The number of unbranched alkanes of at least 4 members (excludes halogenated alkanes) is 5. The number of nitrogens with two attached hydrogens (primary N) is 1. The van der Waals surface area contributed by atoms with Gasteiger partial charge in [0.1, 0.15) is 12.3 Å². The monoisotopic (exact) mass is 736 g/mol. The lowest BCUT2D eigenvalue weighted by Crippen LogP contribution is -2.47. The van der Waals surface area contributed by atoms with Crippen molar-refractivity contribution in [1.29, 1.82) is 0 Å². The average Bonchev–Trinajstić information content (AvgIpc) is 3.31.